The smallest absolute Gasteiger partial charge is 0.267 e. The second-order valence-corrected chi connectivity index (χ2v) is 5.07. The second-order valence-electron chi connectivity index (χ2n) is 4.22. The molecule has 0 aliphatic heterocycles. The second kappa shape index (κ2) is 6.94. The largest absolute Gasteiger partial charge is 0.271 e. The lowest BCUT2D eigenvalue weighted by Crippen LogP contribution is -2.41. The van der Waals surface area contributed by atoms with E-state index in [1.54, 1.807) is 6.07 Å². The fourth-order valence-electron chi connectivity index (χ4n) is 1.62. The van der Waals surface area contributed by atoms with Crippen molar-refractivity contribution in [3.8, 4) is 6.07 Å². The van der Waals surface area contributed by atoms with Crippen LogP contribution < -0.4 is 10.9 Å². The minimum atomic E-state index is -0.588. The van der Waals surface area contributed by atoms with Crippen molar-refractivity contribution >= 4 is 35.0 Å². The summed E-state index contributed by atoms with van der Waals surface area (Å²) in [5.41, 5.74) is 5.39. The Kier molecular flexibility index (Phi) is 4.99. The molecule has 2 amide bonds. The molecule has 0 radical (unpaired) electrons. The number of halogens is 2. The number of carbonyl (C=O) groups excluding carboxylic acids is 2. The Labute approximate surface area is 136 Å². The zero-order valence-electron chi connectivity index (χ0n) is 11.1. The first-order valence-electron chi connectivity index (χ1n) is 6.07. The number of carbonyl (C=O) groups is 2. The average Bonchev–Trinajstić information content (AvgIpc) is 2.54. The van der Waals surface area contributed by atoms with Gasteiger partial charge in [0, 0.05) is 10.6 Å². The van der Waals surface area contributed by atoms with Gasteiger partial charge in [0.05, 0.1) is 22.2 Å². The van der Waals surface area contributed by atoms with Crippen molar-refractivity contribution in [1.29, 1.82) is 5.26 Å². The van der Waals surface area contributed by atoms with Gasteiger partial charge >= 0.3 is 0 Å². The molecule has 0 saturated carbocycles. The van der Waals surface area contributed by atoms with Gasteiger partial charge in [0.2, 0.25) is 0 Å². The molecule has 7 heteroatoms. The Bertz CT molecular complexity index is 767. The topological polar surface area (TPSA) is 82.0 Å². The van der Waals surface area contributed by atoms with E-state index in [9.17, 15) is 9.59 Å². The van der Waals surface area contributed by atoms with Crippen molar-refractivity contribution in [2.75, 3.05) is 0 Å². The van der Waals surface area contributed by atoms with Gasteiger partial charge in [-0.25, -0.2) is 0 Å². The summed E-state index contributed by atoms with van der Waals surface area (Å²) in [6.45, 7) is 0. The molecule has 0 spiro atoms. The van der Waals surface area contributed by atoms with Crippen LogP contribution in [0.5, 0.6) is 0 Å². The highest BCUT2D eigenvalue weighted by Crippen LogP contribution is 2.20. The van der Waals surface area contributed by atoms with E-state index in [0.29, 0.717) is 16.1 Å². The van der Waals surface area contributed by atoms with E-state index in [2.05, 4.69) is 10.9 Å². The number of amides is 2. The predicted molar refractivity (Wildman–Crippen MR) is 82.6 cm³/mol. The van der Waals surface area contributed by atoms with E-state index >= 15 is 0 Å². The van der Waals surface area contributed by atoms with Gasteiger partial charge in [-0.2, -0.15) is 5.26 Å². The van der Waals surface area contributed by atoms with Crippen molar-refractivity contribution in [1.82, 2.24) is 10.9 Å². The fraction of sp³-hybridized carbons (Fsp3) is 0. The molecular weight excluding hydrogens is 325 g/mol. The summed E-state index contributed by atoms with van der Waals surface area (Å²) in [4.78, 5) is 23.8. The Morgan fingerprint density at radius 3 is 2.23 bits per heavy atom. The molecule has 0 fully saturated rings. The molecule has 0 heterocycles. The number of nitrogens with one attached hydrogen (secondary N) is 2. The number of hydrazine groups is 1. The highest BCUT2D eigenvalue weighted by Gasteiger charge is 2.12. The van der Waals surface area contributed by atoms with Crippen LogP contribution >= 0.6 is 23.2 Å². The van der Waals surface area contributed by atoms with Gasteiger partial charge < -0.3 is 0 Å². The molecule has 0 aromatic heterocycles. The Morgan fingerprint density at radius 2 is 1.59 bits per heavy atom. The van der Waals surface area contributed by atoms with Crippen molar-refractivity contribution in [3.05, 3.63) is 69.2 Å². The van der Waals surface area contributed by atoms with Gasteiger partial charge in [-0.15, -0.1) is 0 Å². The maximum absolute atomic E-state index is 11.9. The molecule has 0 atom stereocenters. The number of nitrogens with zero attached hydrogens (tertiary/aromatic N) is 1. The van der Waals surface area contributed by atoms with Crippen LogP contribution in [0.25, 0.3) is 0 Å². The molecule has 2 rings (SSSR count). The van der Waals surface area contributed by atoms with Crippen LogP contribution in [-0.4, -0.2) is 11.8 Å². The number of nitriles is 1. The molecule has 0 bridgehead atoms. The quantitative estimate of drug-likeness (QED) is 0.829. The summed E-state index contributed by atoms with van der Waals surface area (Å²) < 4.78 is 0. The average molecular weight is 334 g/mol. The third-order valence-electron chi connectivity index (χ3n) is 2.74. The minimum Gasteiger partial charge on any atom is -0.267 e. The van der Waals surface area contributed by atoms with Gasteiger partial charge in [0.25, 0.3) is 11.8 Å². The lowest BCUT2D eigenvalue weighted by molar-refractivity contribution is 0.0847. The van der Waals surface area contributed by atoms with Crippen LogP contribution in [0.15, 0.2) is 42.5 Å². The Morgan fingerprint density at radius 1 is 0.955 bits per heavy atom. The van der Waals surface area contributed by atoms with E-state index < -0.39 is 11.8 Å². The zero-order chi connectivity index (χ0) is 16.1. The molecule has 0 unspecified atom stereocenters. The third-order valence-corrected chi connectivity index (χ3v) is 3.30. The Hall–Kier alpha value is -2.55. The molecule has 0 aliphatic carbocycles. The molecule has 22 heavy (non-hydrogen) atoms. The molecule has 110 valence electrons. The number of benzene rings is 2. The maximum atomic E-state index is 11.9. The molecule has 0 aliphatic rings. The van der Waals surface area contributed by atoms with Crippen LogP contribution in [0.3, 0.4) is 0 Å². The lowest BCUT2D eigenvalue weighted by Gasteiger charge is -2.09. The summed E-state index contributed by atoms with van der Waals surface area (Å²) in [5, 5.41) is 9.26. The van der Waals surface area contributed by atoms with E-state index in [1.165, 1.54) is 36.4 Å². The molecule has 5 nitrogen and oxygen atoms in total. The van der Waals surface area contributed by atoms with Crippen molar-refractivity contribution < 1.29 is 9.59 Å². The van der Waals surface area contributed by atoms with Crippen LogP contribution in [0.2, 0.25) is 10.0 Å². The summed E-state index contributed by atoms with van der Waals surface area (Å²) in [7, 11) is 0. The highest BCUT2D eigenvalue weighted by atomic mass is 35.5. The molecule has 2 aromatic carbocycles. The summed E-state index contributed by atoms with van der Waals surface area (Å²) in [6, 6.07) is 12.3. The van der Waals surface area contributed by atoms with Gasteiger partial charge in [-0.05, 0) is 42.5 Å². The van der Waals surface area contributed by atoms with E-state index in [-0.39, 0.29) is 10.6 Å². The van der Waals surface area contributed by atoms with Gasteiger partial charge in [0.1, 0.15) is 0 Å². The first-order valence-corrected chi connectivity index (χ1v) is 6.83. The first kappa shape index (κ1) is 15.8. The van der Waals surface area contributed by atoms with Crippen molar-refractivity contribution in [2.45, 2.75) is 0 Å². The van der Waals surface area contributed by atoms with Crippen LogP contribution in [0.1, 0.15) is 26.3 Å². The van der Waals surface area contributed by atoms with Crippen LogP contribution in [-0.2, 0) is 0 Å². The number of hydrogen-bond donors (Lipinski definition) is 2. The van der Waals surface area contributed by atoms with E-state index in [1.807, 2.05) is 6.07 Å². The monoisotopic (exact) mass is 333 g/mol. The standard InChI is InChI=1S/C15H9Cl2N3O2/c16-11-5-6-13(17)12(7-11)15(22)20-19-14(21)10-3-1-9(8-18)2-4-10/h1-7H,(H,19,21)(H,20,22). The van der Waals surface area contributed by atoms with E-state index in [0.717, 1.165) is 0 Å². The minimum absolute atomic E-state index is 0.147. The van der Waals surface area contributed by atoms with Crippen molar-refractivity contribution in [2.24, 2.45) is 0 Å². The zero-order valence-corrected chi connectivity index (χ0v) is 12.6. The summed E-state index contributed by atoms with van der Waals surface area (Å²) >= 11 is 11.7. The van der Waals surface area contributed by atoms with Gasteiger partial charge in [-0.1, -0.05) is 23.2 Å². The van der Waals surface area contributed by atoms with Crippen LogP contribution in [0.4, 0.5) is 0 Å². The van der Waals surface area contributed by atoms with Gasteiger partial charge in [-0.3, -0.25) is 20.4 Å². The molecule has 0 saturated heterocycles. The fourth-order valence-corrected chi connectivity index (χ4v) is 2.00. The van der Waals surface area contributed by atoms with E-state index in [4.69, 9.17) is 28.5 Å². The molecule has 2 aromatic rings. The molecule has 2 N–H and O–H groups in total. The maximum Gasteiger partial charge on any atom is 0.271 e. The first-order chi connectivity index (χ1) is 10.5. The molecular formula is C15H9Cl2N3O2. The lowest BCUT2D eigenvalue weighted by atomic mass is 10.1. The summed E-state index contributed by atoms with van der Waals surface area (Å²) in [6.07, 6.45) is 0. The SMILES string of the molecule is N#Cc1ccc(C(=O)NNC(=O)c2cc(Cl)ccc2Cl)cc1. The number of hydrogen-bond acceptors (Lipinski definition) is 3. The van der Waals surface area contributed by atoms with Gasteiger partial charge in [0.15, 0.2) is 0 Å². The van der Waals surface area contributed by atoms with Crippen molar-refractivity contribution in [3.63, 3.8) is 0 Å². The van der Waals surface area contributed by atoms with Crippen LogP contribution in [0, 0.1) is 11.3 Å². The Balaban J connectivity index is 2.02. The third kappa shape index (κ3) is 3.76. The normalized spacial score (nSPS) is 9.68. The highest BCUT2D eigenvalue weighted by molar-refractivity contribution is 6.35. The summed E-state index contributed by atoms with van der Waals surface area (Å²) in [5.74, 6) is -1.11. The predicted octanol–water partition coefficient (Wildman–Crippen LogP) is 2.94. The number of rotatable bonds is 2.